The Morgan fingerprint density at radius 2 is 2.17 bits per heavy atom. The molecule has 1 amide bonds. The zero-order valence-electron chi connectivity index (χ0n) is 13.3. The SMILES string of the molecule is O=C(CC1CSCCN1)NC1(c2cccc(C(F)(F)F)c2)CCC1. The van der Waals surface area contributed by atoms with Gasteiger partial charge in [0.15, 0.2) is 0 Å². The minimum absolute atomic E-state index is 0.0906. The molecule has 1 aliphatic heterocycles. The van der Waals surface area contributed by atoms with Crippen LogP contribution in [0.5, 0.6) is 0 Å². The summed E-state index contributed by atoms with van der Waals surface area (Å²) >= 11 is 1.82. The maximum Gasteiger partial charge on any atom is 0.416 e. The molecule has 2 aliphatic rings. The lowest BCUT2D eigenvalue weighted by Gasteiger charge is -2.43. The predicted molar refractivity (Wildman–Crippen MR) is 88.8 cm³/mol. The van der Waals surface area contributed by atoms with E-state index in [4.69, 9.17) is 0 Å². The second-order valence-corrected chi connectivity index (χ2v) is 7.64. The number of nitrogens with one attached hydrogen (secondary N) is 2. The van der Waals surface area contributed by atoms with Crippen molar-refractivity contribution in [2.75, 3.05) is 18.1 Å². The number of carbonyl (C=O) groups is 1. The lowest BCUT2D eigenvalue weighted by molar-refractivity contribution is -0.137. The first-order valence-electron chi connectivity index (χ1n) is 8.19. The number of benzene rings is 1. The molecule has 24 heavy (non-hydrogen) atoms. The Hall–Kier alpha value is -1.21. The van der Waals surface area contributed by atoms with Gasteiger partial charge in [0.25, 0.3) is 0 Å². The lowest BCUT2D eigenvalue weighted by Crippen LogP contribution is -2.52. The molecule has 0 radical (unpaired) electrons. The van der Waals surface area contributed by atoms with Gasteiger partial charge in [-0.05, 0) is 37.0 Å². The van der Waals surface area contributed by atoms with Gasteiger partial charge >= 0.3 is 6.18 Å². The van der Waals surface area contributed by atoms with E-state index in [9.17, 15) is 18.0 Å². The first kappa shape index (κ1) is 17.6. The van der Waals surface area contributed by atoms with E-state index >= 15 is 0 Å². The minimum atomic E-state index is -4.37. The number of carbonyl (C=O) groups excluding carboxylic acids is 1. The Balaban J connectivity index is 1.71. The summed E-state index contributed by atoms with van der Waals surface area (Å²) in [6.45, 7) is 0.890. The molecule has 1 saturated heterocycles. The zero-order chi connectivity index (χ0) is 17.2. The number of thioether (sulfide) groups is 1. The highest BCUT2D eigenvalue weighted by molar-refractivity contribution is 7.99. The molecule has 1 heterocycles. The van der Waals surface area contributed by atoms with Crippen LogP contribution in [-0.2, 0) is 16.5 Å². The summed E-state index contributed by atoms with van der Waals surface area (Å²) in [4.78, 5) is 12.4. The van der Waals surface area contributed by atoms with Crippen LogP contribution in [0.4, 0.5) is 13.2 Å². The topological polar surface area (TPSA) is 41.1 Å². The fourth-order valence-electron chi connectivity index (χ4n) is 3.30. The number of amides is 1. The highest BCUT2D eigenvalue weighted by Gasteiger charge is 2.41. The summed E-state index contributed by atoms with van der Waals surface area (Å²) in [5.74, 6) is 1.85. The number of hydrogen-bond donors (Lipinski definition) is 2. The normalized spacial score (nSPS) is 23.4. The van der Waals surface area contributed by atoms with Gasteiger partial charge in [0.2, 0.25) is 5.91 Å². The number of rotatable bonds is 4. The number of halogens is 3. The second-order valence-electron chi connectivity index (χ2n) is 6.49. The smallest absolute Gasteiger partial charge is 0.347 e. The number of hydrogen-bond acceptors (Lipinski definition) is 3. The Bertz CT molecular complexity index is 596. The average molecular weight is 358 g/mol. The molecule has 2 N–H and O–H groups in total. The molecule has 0 spiro atoms. The van der Waals surface area contributed by atoms with Gasteiger partial charge in [-0.15, -0.1) is 0 Å². The van der Waals surface area contributed by atoms with Gasteiger partial charge < -0.3 is 10.6 Å². The molecule has 1 aliphatic carbocycles. The van der Waals surface area contributed by atoms with Crippen molar-refractivity contribution in [1.29, 1.82) is 0 Å². The van der Waals surface area contributed by atoms with Crippen LogP contribution < -0.4 is 10.6 Å². The van der Waals surface area contributed by atoms with Crippen molar-refractivity contribution in [3.8, 4) is 0 Å². The highest BCUT2D eigenvalue weighted by Crippen LogP contribution is 2.43. The van der Waals surface area contributed by atoms with E-state index in [2.05, 4.69) is 10.6 Å². The molecule has 1 atom stereocenters. The Morgan fingerprint density at radius 3 is 2.75 bits per heavy atom. The molecule has 0 bridgehead atoms. The summed E-state index contributed by atoms with van der Waals surface area (Å²) in [6, 6.07) is 5.49. The van der Waals surface area contributed by atoms with E-state index in [1.807, 2.05) is 11.8 Å². The van der Waals surface area contributed by atoms with Gasteiger partial charge in [-0.3, -0.25) is 4.79 Å². The van der Waals surface area contributed by atoms with E-state index < -0.39 is 17.3 Å². The fraction of sp³-hybridized carbons (Fsp3) is 0.588. The van der Waals surface area contributed by atoms with Crippen LogP contribution in [0.3, 0.4) is 0 Å². The summed E-state index contributed by atoms with van der Waals surface area (Å²) in [5, 5.41) is 6.33. The number of alkyl halides is 3. The quantitative estimate of drug-likeness (QED) is 0.868. The summed E-state index contributed by atoms with van der Waals surface area (Å²) in [5.41, 5.74) is -0.742. The highest BCUT2D eigenvalue weighted by atomic mass is 32.2. The van der Waals surface area contributed by atoms with E-state index in [1.165, 1.54) is 12.1 Å². The molecule has 3 rings (SSSR count). The first-order valence-corrected chi connectivity index (χ1v) is 9.34. The summed E-state index contributed by atoms with van der Waals surface area (Å²) in [7, 11) is 0. The van der Waals surface area contributed by atoms with Crippen LogP contribution in [0.15, 0.2) is 24.3 Å². The van der Waals surface area contributed by atoms with Gasteiger partial charge in [-0.25, -0.2) is 0 Å². The third-order valence-corrected chi connectivity index (χ3v) is 5.89. The molecule has 132 valence electrons. The van der Waals surface area contributed by atoms with E-state index in [1.54, 1.807) is 6.07 Å². The van der Waals surface area contributed by atoms with Gasteiger partial charge in [0, 0.05) is 30.5 Å². The van der Waals surface area contributed by atoms with Crippen molar-refractivity contribution in [2.24, 2.45) is 0 Å². The van der Waals surface area contributed by atoms with E-state index in [0.29, 0.717) is 24.8 Å². The molecule has 1 aromatic rings. The standard InChI is InChI=1S/C17H21F3N2OS/c18-17(19,20)13-4-1-3-12(9-13)16(5-2-6-16)22-15(23)10-14-11-24-8-7-21-14/h1,3-4,9,14,21H,2,5-8,10-11H2,(H,22,23). The van der Waals surface area contributed by atoms with Crippen LogP contribution >= 0.6 is 11.8 Å². The van der Waals surface area contributed by atoms with Gasteiger partial charge in [-0.1, -0.05) is 12.1 Å². The Labute approximate surface area is 143 Å². The monoisotopic (exact) mass is 358 g/mol. The molecule has 1 aromatic carbocycles. The second kappa shape index (κ2) is 6.96. The van der Waals surface area contributed by atoms with E-state index in [-0.39, 0.29) is 11.9 Å². The fourth-order valence-corrected chi connectivity index (χ4v) is 4.25. The van der Waals surface area contributed by atoms with E-state index in [0.717, 1.165) is 30.5 Å². The largest absolute Gasteiger partial charge is 0.416 e. The third-order valence-electron chi connectivity index (χ3n) is 4.76. The molecule has 3 nitrogen and oxygen atoms in total. The van der Waals surface area contributed by atoms with Crippen LogP contribution in [-0.4, -0.2) is 30.0 Å². The minimum Gasteiger partial charge on any atom is -0.347 e. The van der Waals surface area contributed by atoms with Crippen molar-refractivity contribution in [2.45, 2.75) is 43.4 Å². The molecule has 0 aromatic heterocycles. The summed E-state index contributed by atoms with van der Waals surface area (Å²) in [6.07, 6.45) is -1.71. The van der Waals surface area contributed by atoms with Crippen molar-refractivity contribution in [3.05, 3.63) is 35.4 Å². The van der Waals surface area contributed by atoms with Crippen LogP contribution in [0, 0.1) is 0 Å². The molecule has 1 saturated carbocycles. The summed E-state index contributed by atoms with van der Waals surface area (Å²) < 4.78 is 38.9. The molecule has 7 heteroatoms. The van der Waals surface area contributed by atoms with Crippen molar-refractivity contribution < 1.29 is 18.0 Å². The van der Waals surface area contributed by atoms with Crippen LogP contribution in [0.1, 0.15) is 36.8 Å². The van der Waals surface area contributed by atoms with Gasteiger partial charge in [0.05, 0.1) is 11.1 Å². The lowest BCUT2D eigenvalue weighted by atomic mass is 9.71. The molecular formula is C17H21F3N2OS. The average Bonchev–Trinajstić information content (AvgIpc) is 2.51. The molecule has 2 fully saturated rings. The van der Waals surface area contributed by atoms with Gasteiger partial charge in [-0.2, -0.15) is 24.9 Å². The predicted octanol–water partition coefficient (Wildman–Crippen LogP) is 3.30. The Kier molecular flexibility index (Phi) is 5.11. The molecule has 1 unspecified atom stereocenters. The third kappa shape index (κ3) is 3.88. The molecular weight excluding hydrogens is 337 g/mol. The maximum atomic E-state index is 13.0. The van der Waals surface area contributed by atoms with Crippen molar-refractivity contribution in [3.63, 3.8) is 0 Å². The first-order chi connectivity index (χ1) is 11.4. The van der Waals surface area contributed by atoms with Crippen LogP contribution in [0.2, 0.25) is 0 Å². The van der Waals surface area contributed by atoms with Crippen LogP contribution in [0.25, 0.3) is 0 Å². The van der Waals surface area contributed by atoms with Gasteiger partial charge in [0.1, 0.15) is 0 Å². The Morgan fingerprint density at radius 1 is 1.38 bits per heavy atom. The maximum absolute atomic E-state index is 13.0. The van der Waals surface area contributed by atoms with Crippen molar-refractivity contribution in [1.82, 2.24) is 10.6 Å². The zero-order valence-corrected chi connectivity index (χ0v) is 14.1. The van der Waals surface area contributed by atoms with Crippen molar-refractivity contribution >= 4 is 17.7 Å².